The minimum atomic E-state index is -0.181. The van der Waals surface area contributed by atoms with E-state index in [1.165, 1.54) is 23.3 Å². The van der Waals surface area contributed by atoms with Crippen molar-refractivity contribution < 1.29 is 4.39 Å². The molecule has 1 unspecified atom stereocenters. The summed E-state index contributed by atoms with van der Waals surface area (Å²) in [5, 5.41) is 3.36. The number of nitrogens with one attached hydrogen (secondary N) is 1. The van der Waals surface area contributed by atoms with Crippen LogP contribution in [0, 0.1) is 12.7 Å². The summed E-state index contributed by atoms with van der Waals surface area (Å²) in [7, 11) is 1.99. The van der Waals surface area contributed by atoms with Crippen LogP contribution in [0.1, 0.15) is 11.1 Å². The van der Waals surface area contributed by atoms with Gasteiger partial charge in [-0.3, -0.25) is 0 Å². The molecule has 0 spiro atoms. The Hall–Kier alpha value is -1.32. The van der Waals surface area contributed by atoms with E-state index in [0.717, 1.165) is 17.1 Å². The molecule has 0 bridgehead atoms. The van der Waals surface area contributed by atoms with Gasteiger partial charge in [0.25, 0.3) is 0 Å². The highest BCUT2D eigenvalue weighted by molar-refractivity contribution is 7.99. The average Bonchev–Trinajstić information content (AvgIpc) is 2.47. The zero-order valence-electron chi connectivity index (χ0n) is 11.9. The van der Waals surface area contributed by atoms with Gasteiger partial charge in [0.1, 0.15) is 5.82 Å². The lowest BCUT2D eigenvalue weighted by Crippen LogP contribution is -2.30. The third-order valence-corrected chi connectivity index (χ3v) is 4.58. The van der Waals surface area contributed by atoms with E-state index in [-0.39, 0.29) is 5.82 Å². The molecule has 0 saturated heterocycles. The number of rotatable bonds is 6. The Morgan fingerprint density at radius 1 is 1.10 bits per heavy atom. The van der Waals surface area contributed by atoms with Crippen molar-refractivity contribution in [2.24, 2.45) is 0 Å². The molecule has 2 aromatic rings. The molecular weight excluding hydrogens is 269 g/mol. The molecule has 106 valence electrons. The maximum Gasteiger partial charge on any atom is 0.123 e. The van der Waals surface area contributed by atoms with Crippen LogP contribution in [0.5, 0.6) is 0 Å². The fourth-order valence-corrected chi connectivity index (χ4v) is 3.08. The summed E-state index contributed by atoms with van der Waals surface area (Å²) in [5.41, 5.74) is 2.71. The highest BCUT2D eigenvalue weighted by Gasteiger charge is 2.09. The van der Waals surface area contributed by atoms with Crippen LogP contribution in [-0.2, 0) is 6.42 Å². The Bertz CT molecular complexity index is 539. The summed E-state index contributed by atoms with van der Waals surface area (Å²) in [5.74, 6) is 0.788. The van der Waals surface area contributed by atoms with E-state index >= 15 is 0 Å². The summed E-state index contributed by atoms with van der Waals surface area (Å²) < 4.78 is 12.9. The van der Waals surface area contributed by atoms with Crippen LogP contribution in [0.25, 0.3) is 0 Å². The van der Waals surface area contributed by atoms with Gasteiger partial charge in [0, 0.05) is 16.7 Å². The van der Waals surface area contributed by atoms with Crippen molar-refractivity contribution in [1.82, 2.24) is 5.32 Å². The van der Waals surface area contributed by atoms with Gasteiger partial charge < -0.3 is 5.32 Å². The first kappa shape index (κ1) is 15.1. The molecule has 1 atom stereocenters. The molecule has 2 rings (SSSR count). The van der Waals surface area contributed by atoms with Gasteiger partial charge in [-0.25, -0.2) is 4.39 Å². The van der Waals surface area contributed by atoms with Crippen molar-refractivity contribution in [3.63, 3.8) is 0 Å². The van der Waals surface area contributed by atoms with Gasteiger partial charge in [-0.15, -0.1) is 11.8 Å². The van der Waals surface area contributed by atoms with E-state index in [0.29, 0.717) is 6.04 Å². The lowest BCUT2D eigenvalue weighted by Gasteiger charge is -2.17. The predicted molar refractivity (Wildman–Crippen MR) is 84.9 cm³/mol. The lowest BCUT2D eigenvalue weighted by atomic mass is 10.0. The van der Waals surface area contributed by atoms with Crippen molar-refractivity contribution in [2.75, 3.05) is 12.8 Å². The van der Waals surface area contributed by atoms with Crippen molar-refractivity contribution in [1.29, 1.82) is 0 Å². The third kappa shape index (κ3) is 4.36. The Morgan fingerprint density at radius 3 is 2.45 bits per heavy atom. The van der Waals surface area contributed by atoms with Crippen molar-refractivity contribution in [2.45, 2.75) is 24.3 Å². The first-order valence-electron chi connectivity index (χ1n) is 6.79. The van der Waals surface area contributed by atoms with Gasteiger partial charge in [0.05, 0.1) is 0 Å². The Morgan fingerprint density at radius 2 is 1.80 bits per heavy atom. The maximum atomic E-state index is 12.9. The van der Waals surface area contributed by atoms with Crippen LogP contribution in [0.3, 0.4) is 0 Å². The molecule has 20 heavy (non-hydrogen) atoms. The van der Waals surface area contributed by atoms with E-state index in [1.54, 1.807) is 11.8 Å². The molecular formula is C17H20FNS. The predicted octanol–water partition coefficient (Wildman–Crippen LogP) is 4.06. The Labute approximate surface area is 124 Å². The molecule has 0 saturated carbocycles. The second-order valence-electron chi connectivity index (χ2n) is 4.88. The molecule has 1 nitrogen and oxygen atoms in total. The molecule has 0 fully saturated rings. The van der Waals surface area contributed by atoms with E-state index in [4.69, 9.17) is 0 Å². The lowest BCUT2D eigenvalue weighted by molar-refractivity contribution is 0.615. The van der Waals surface area contributed by atoms with Gasteiger partial charge >= 0.3 is 0 Å². The van der Waals surface area contributed by atoms with E-state index in [1.807, 2.05) is 19.2 Å². The SMILES string of the molecule is CNC(CSc1ccc(F)cc1)Cc1ccccc1C. The average molecular weight is 289 g/mol. The monoisotopic (exact) mass is 289 g/mol. The highest BCUT2D eigenvalue weighted by Crippen LogP contribution is 2.20. The fraction of sp³-hybridized carbons (Fsp3) is 0.294. The summed E-state index contributed by atoms with van der Waals surface area (Å²) in [6.07, 6.45) is 1.01. The van der Waals surface area contributed by atoms with Gasteiger partial charge in [-0.1, -0.05) is 24.3 Å². The van der Waals surface area contributed by atoms with E-state index in [9.17, 15) is 4.39 Å². The van der Waals surface area contributed by atoms with Gasteiger partial charge in [-0.05, 0) is 55.8 Å². The number of thioether (sulfide) groups is 1. The molecule has 0 aliphatic heterocycles. The van der Waals surface area contributed by atoms with Crippen molar-refractivity contribution in [3.8, 4) is 0 Å². The number of benzene rings is 2. The zero-order valence-corrected chi connectivity index (χ0v) is 12.7. The number of aryl methyl sites for hydroxylation is 1. The number of hydrogen-bond acceptors (Lipinski definition) is 2. The summed E-state index contributed by atoms with van der Waals surface area (Å²) in [6.45, 7) is 2.15. The number of hydrogen-bond donors (Lipinski definition) is 1. The van der Waals surface area contributed by atoms with Crippen LogP contribution >= 0.6 is 11.8 Å². The first-order chi connectivity index (χ1) is 9.69. The summed E-state index contributed by atoms with van der Waals surface area (Å²) in [6, 6.07) is 15.6. The molecule has 3 heteroatoms. The molecule has 0 aliphatic carbocycles. The zero-order chi connectivity index (χ0) is 14.4. The minimum absolute atomic E-state index is 0.181. The maximum absolute atomic E-state index is 12.9. The van der Waals surface area contributed by atoms with Crippen LogP contribution in [0.2, 0.25) is 0 Å². The largest absolute Gasteiger partial charge is 0.316 e. The molecule has 0 aromatic heterocycles. The van der Waals surface area contributed by atoms with Crippen molar-refractivity contribution in [3.05, 3.63) is 65.5 Å². The first-order valence-corrected chi connectivity index (χ1v) is 7.77. The smallest absolute Gasteiger partial charge is 0.123 e. The fourth-order valence-electron chi connectivity index (χ4n) is 2.08. The second-order valence-corrected chi connectivity index (χ2v) is 5.97. The summed E-state index contributed by atoms with van der Waals surface area (Å²) >= 11 is 1.76. The van der Waals surface area contributed by atoms with Crippen molar-refractivity contribution >= 4 is 11.8 Å². The summed E-state index contributed by atoms with van der Waals surface area (Å²) in [4.78, 5) is 1.11. The quantitative estimate of drug-likeness (QED) is 0.805. The molecule has 0 aliphatic rings. The van der Waals surface area contributed by atoms with Gasteiger partial charge in [-0.2, -0.15) is 0 Å². The van der Waals surface area contributed by atoms with E-state index < -0.39 is 0 Å². The molecule has 0 heterocycles. The third-order valence-electron chi connectivity index (χ3n) is 3.40. The normalized spacial score (nSPS) is 12.3. The minimum Gasteiger partial charge on any atom is -0.316 e. The number of likely N-dealkylation sites (N-methyl/N-ethyl adjacent to an activating group) is 1. The van der Waals surface area contributed by atoms with Crippen LogP contribution in [0.15, 0.2) is 53.4 Å². The van der Waals surface area contributed by atoms with Crippen LogP contribution in [0.4, 0.5) is 4.39 Å². The molecule has 2 aromatic carbocycles. The van der Waals surface area contributed by atoms with Gasteiger partial charge in [0.2, 0.25) is 0 Å². The molecule has 0 radical (unpaired) electrons. The van der Waals surface area contributed by atoms with Crippen LogP contribution in [-0.4, -0.2) is 18.8 Å². The van der Waals surface area contributed by atoms with Crippen LogP contribution < -0.4 is 5.32 Å². The van der Waals surface area contributed by atoms with Gasteiger partial charge in [0.15, 0.2) is 0 Å². The highest BCUT2D eigenvalue weighted by atomic mass is 32.2. The standard InChI is InChI=1S/C17H20FNS/c1-13-5-3-4-6-14(13)11-16(19-2)12-20-17-9-7-15(18)8-10-17/h3-10,16,19H,11-12H2,1-2H3. The molecule has 1 N–H and O–H groups in total. The number of halogens is 1. The molecule has 0 amide bonds. The second kappa shape index (κ2) is 7.46. The van der Waals surface area contributed by atoms with E-state index in [2.05, 4.69) is 36.5 Å². The topological polar surface area (TPSA) is 12.0 Å². The Kier molecular flexibility index (Phi) is 5.62. The Balaban J connectivity index is 1.92.